The van der Waals surface area contributed by atoms with Gasteiger partial charge in [-0.05, 0) is 74.5 Å². The van der Waals surface area contributed by atoms with E-state index in [9.17, 15) is 14.0 Å². The van der Waals surface area contributed by atoms with E-state index in [1.54, 1.807) is 40.5 Å². The van der Waals surface area contributed by atoms with Crippen LogP contribution >= 0.6 is 11.3 Å². The first kappa shape index (κ1) is 25.9. The molecule has 1 aliphatic rings. The van der Waals surface area contributed by atoms with Crippen LogP contribution in [0.4, 0.5) is 10.1 Å². The Balaban J connectivity index is 1.52. The molecule has 1 N–H and O–H groups in total. The lowest BCUT2D eigenvalue weighted by Gasteiger charge is -2.39. The molecular weight excluding hydrogens is 475 g/mol. The number of hydrogen-bond donors (Lipinski definition) is 1. The molecule has 0 spiro atoms. The van der Waals surface area contributed by atoms with Crippen molar-refractivity contribution in [1.29, 1.82) is 0 Å². The van der Waals surface area contributed by atoms with Crippen molar-refractivity contribution in [3.8, 4) is 0 Å². The Morgan fingerprint density at radius 3 is 2.31 bits per heavy atom. The maximum absolute atomic E-state index is 14.3. The van der Waals surface area contributed by atoms with Gasteiger partial charge in [0, 0.05) is 43.2 Å². The second-order valence-electron chi connectivity index (χ2n) is 8.90. The Bertz CT molecular complexity index is 1140. The second-order valence-corrected chi connectivity index (χ2v) is 9.93. The van der Waals surface area contributed by atoms with Crippen molar-refractivity contribution >= 4 is 28.8 Å². The highest BCUT2D eigenvalue weighted by atomic mass is 32.1. The first-order chi connectivity index (χ1) is 17.5. The summed E-state index contributed by atoms with van der Waals surface area (Å²) in [5, 5.41) is 3.94. The molecule has 36 heavy (non-hydrogen) atoms. The minimum absolute atomic E-state index is 0.00552. The van der Waals surface area contributed by atoms with Crippen LogP contribution in [0, 0.1) is 5.82 Å². The number of carbonyl (C=O) groups is 2. The molecule has 1 aromatic heterocycles. The zero-order chi connectivity index (χ0) is 25.5. The lowest BCUT2D eigenvalue weighted by molar-refractivity contribution is 0.0772. The van der Waals surface area contributed by atoms with E-state index in [-0.39, 0.29) is 17.5 Å². The smallest absolute Gasteiger partial charge is 0.272 e. The minimum Gasteiger partial charge on any atom is -0.339 e. The summed E-state index contributed by atoms with van der Waals surface area (Å²) in [4.78, 5) is 31.3. The number of rotatable bonds is 9. The molecule has 1 fully saturated rings. The largest absolute Gasteiger partial charge is 0.339 e. The third-order valence-electron chi connectivity index (χ3n) is 6.67. The summed E-state index contributed by atoms with van der Waals surface area (Å²) < 4.78 is 14.3. The third-order valence-corrected chi connectivity index (χ3v) is 7.53. The normalized spacial score (nSPS) is 14.4. The fourth-order valence-electron chi connectivity index (χ4n) is 4.60. The van der Waals surface area contributed by atoms with Gasteiger partial charge in [0.05, 0.1) is 17.3 Å². The van der Waals surface area contributed by atoms with Crippen LogP contribution in [0.1, 0.15) is 52.3 Å². The van der Waals surface area contributed by atoms with E-state index in [2.05, 4.69) is 27.8 Å². The Morgan fingerprint density at radius 1 is 1.00 bits per heavy atom. The van der Waals surface area contributed by atoms with Gasteiger partial charge < -0.3 is 4.90 Å². The number of thiophene rings is 1. The third kappa shape index (κ3) is 6.12. The molecule has 3 aromatic rings. The van der Waals surface area contributed by atoms with Gasteiger partial charge in [-0.25, -0.2) is 4.39 Å². The Morgan fingerprint density at radius 2 is 1.69 bits per heavy atom. The number of amides is 2. The van der Waals surface area contributed by atoms with E-state index < -0.39 is 11.7 Å². The fourth-order valence-corrected chi connectivity index (χ4v) is 5.34. The molecular formula is C28H33FN4O2S. The van der Waals surface area contributed by atoms with Crippen molar-refractivity contribution in [2.75, 3.05) is 31.2 Å². The predicted molar refractivity (Wildman–Crippen MR) is 143 cm³/mol. The predicted octanol–water partition coefficient (Wildman–Crippen LogP) is 5.19. The first-order valence-corrected chi connectivity index (χ1v) is 13.4. The van der Waals surface area contributed by atoms with E-state index in [1.165, 1.54) is 17.0 Å². The number of likely N-dealkylation sites (tertiary alicyclic amines) is 1. The Kier molecular flexibility index (Phi) is 8.72. The molecule has 0 saturated carbocycles. The van der Waals surface area contributed by atoms with Gasteiger partial charge in [0.25, 0.3) is 11.8 Å². The molecule has 2 heterocycles. The van der Waals surface area contributed by atoms with E-state index >= 15 is 0 Å². The van der Waals surface area contributed by atoms with Gasteiger partial charge in [0.15, 0.2) is 0 Å². The zero-order valence-electron chi connectivity index (χ0n) is 20.8. The molecule has 1 aliphatic heterocycles. The highest BCUT2D eigenvalue weighted by Gasteiger charge is 2.28. The maximum atomic E-state index is 14.3. The summed E-state index contributed by atoms with van der Waals surface area (Å²) >= 11 is 1.76. The number of nitrogens with zero attached hydrogens (tertiary/aromatic N) is 3. The monoisotopic (exact) mass is 508 g/mol. The molecule has 0 unspecified atom stereocenters. The van der Waals surface area contributed by atoms with Gasteiger partial charge in [0.1, 0.15) is 5.82 Å². The van der Waals surface area contributed by atoms with Crippen LogP contribution in [0.5, 0.6) is 0 Å². The summed E-state index contributed by atoms with van der Waals surface area (Å²) in [6, 6.07) is 17.6. The average molecular weight is 509 g/mol. The molecule has 0 atom stereocenters. The van der Waals surface area contributed by atoms with Gasteiger partial charge in [-0.1, -0.05) is 18.2 Å². The molecule has 2 aromatic carbocycles. The first-order valence-electron chi connectivity index (χ1n) is 12.5. The standard InChI is InChI=1S/C28H33FN4O2S/c1-3-32(4-2)28(35)21-11-13-22(14-12-21)33(30-27(34)25-9-5-6-10-26(25)29)23-15-17-31(18-16-23)20-24-8-7-19-36-24/h5-14,19,23H,3-4,15-18,20H2,1-2H3,(H,30,34). The van der Waals surface area contributed by atoms with Crippen LogP contribution in [0.25, 0.3) is 0 Å². The van der Waals surface area contributed by atoms with Crippen molar-refractivity contribution in [2.24, 2.45) is 0 Å². The molecule has 190 valence electrons. The number of carbonyl (C=O) groups excluding carboxylic acids is 2. The summed E-state index contributed by atoms with van der Waals surface area (Å²) in [6.45, 7) is 7.92. The molecule has 0 bridgehead atoms. The van der Waals surface area contributed by atoms with Crippen molar-refractivity contribution in [1.82, 2.24) is 15.2 Å². The van der Waals surface area contributed by atoms with Crippen LogP contribution in [-0.4, -0.2) is 53.8 Å². The van der Waals surface area contributed by atoms with Crippen LogP contribution < -0.4 is 10.4 Å². The van der Waals surface area contributed by atoms with Crippen LogP contribution in [-0.2, 0) is 6.54 Å². The zero-order valence-corrected chi connectivity index (χ0v) is 21.6. The quantitative estimate of drug-likeness (QED) is 0.405. The van der Waals surface area contributed by atoms with Crippen LogP contribution in [0.15, 0.2) is 66.0 Å². The minimum atomic E-state index is -0.555. The molecule has 8 heteroatoms. The maximum Gasteiger partial charge on any atom is 0.272 e. The van der Waals surface area contributed by atoms with Crippen LogP contribution in [0.3, 0.4) is 0 Å². The average Bonchev–Trinajstić information content (AvgIpc) is 3.42. The molecule has 2 amide bonds. The number of hydrazine groups is 1. The second kappa shape index (κ2) is 12.1. The van der Waals surface area contributed by atoms with Gasteiger partial charge in [-0.3, -0.25) is 24.9 Å². The van der Waals surface area contributed by atoms with Crippen molar-refractivity contribution < 1.29 is 14.0 Å². The van der Waals surface area contributed by atoms with E-state index in [0.717, 1.165) is 38.2 Å². The molecule has 1 saturated heterocycles. The molecule has 0 radical (unpaired) electrons. The lowest BCUT2D eigenvalue weighted by atomic mass is 10.0. The molecule has 6 nitrogen and oxygen atoms in total. The summed E-state index contributed by atoms with van der Waals surface area (Å²) in [6.07, 6.45) is 1.70. The summed E-state index contributed by atoms with van der Waals surface area (Å²) in [5.74, 6) is -1.06. The number of benzene rings is 2. The van der Waals surface area contributed by atoms with E-state index in [4.69, 9.17) is 0 Å². The van der Waals surface area contributed by atoms with Crippen molar-refractivity contribution in [3.63, 3.8) is 0 Å². The highest BCUT2D eigenvalue weighted by molar-refractivity contribution is 7.09. The summed E-state index contributed by atoms with van der Waals surface area (Å²) in [5.41, 5.74) is 4.34. The Hall–Kier alpha value is -3.23. The number of piperidine rings is 1. The lowest BCUT2D eigenvalue weighted by Crippen LogP contribution is -2.53. The van der Waals surface area contributed by atoms with Crippen LogP contribution in [0.2, 0.25) is 0 Å². The summed E-state index contributed by atoms with van der Waals surface area (Å²) in [7, 11) is 0. The number of halogens is 1. The van der Waals surface area contributed by atoms with Gasteiger partial charge in [-0.2, -0.15) is 0 Å². The highest BCUT2D eigenvalue weighted by Crippen LogP contribution is 2.25. The Labute approximate surface area is 216 Å². The SMILES string of the molecule is CCN(CC)C(=O)c1ccc(N(NC(=O)c2ccccc2F)C2CCN(Cc3cccs3)CC2)cc1. The van der Waals surface area contributed by atoms with Gasteiger partial charge >= 0.3 is 0 Å². The van der Waals surface area contributed by atoms with Gasteiger partial charge in [-0.15, -0.1) is 11.3 Å². The fraction of sp³-hybridized carbons (Fsp3) is 0.357. The van der Waals surface area contributed by atoms with Crippen molar-refractivity contribution in [2.45, 2.75) is 39.3 Å². The van der Waals surface area contributed by atoms with E-state index in [0.29, 0.717) is 18.7 Å². The number of nitrogens with one attached hydrogen (secondary N) is 1. The van der Waals surface area contributed by atoms with Gasteiger partial charge in [0.2, 0.25) is 0 Å². The van der Waals surface area contributed by atoms with Crippen molar-refractivity contribution in [3.05, 3.63) is 87.9 Å². The topological polar surface area (TPSA) is 55.9 Å². The number of hydrogen-bond acceptors (Lipinski definition) is 5. The molecule has 4 rings (SSSR count). The van der Waals surface area contributed by atoms with E-state index in [1.807, 2.05) is 31.0 Å². The molecule has 0 aliphatic carbocycles. The number of anilines is 1.